The van der Waals surface area contributed by atoms with Gasteiger partial charge in [0.15, 0.2) is 0 Å². The van der Waals surface area contributed by atoms with E-state index in [0.717, 1.165) is 84.5 Å². The third-order valence-electron chi connectivity index (χ3n) is 10.1. The summed E-state index contributed by atoms with van der Waals surface area (Å²) in [6.45, 7) is 6.93. The van der Waals surface area contributed by atoms with Crippen molar-refractivity contribution in [1.82, 2.24) is 10.3 Å². The number of nitrogens with one attached hydrogen (secondary N) is 1. The Labute approximate surface area is 265 Å². The van der Waals surface area contributed by atoms with E-state index in [1.165, 1.54) is 34.1 Å². The van der Waals surface area contributed by atoms with Crippen LogP contribution in [0.15, 0.2) is 123 Å². The van der Waals surface area contributed by atoms with Crippen molar-refractivity contribution >= 4 is 40.8 Å². The normalized spacial score (nSPS) is 26.8. The number of para-hydroxylation sites is 1. The minimum absolute atomic E-state index is 0.0470. The molecule has 1 fully saturated rings. The highest BCUT2D eigenvalue weighted by atomic mass is 14.9. The molecule has 0 radical (unpaired) electrons. The molecule has 224 valence electrons. The Hall–Kier alpha value is -4.64. The fourth-order valence-electron chi connectivity index (χ4n) is 7.70. The minimum Gasteiger partial charge on any atom is -0.380 e. The number of fused-ring (bicyclic) bond motifs is 6. The van der Waals surface area contributed by atoms with E-state index in [9.17, 15) is 0 Å². The van der Waals surface area contributed by atoms with Crippen molar-refractivity contribution < 1.29 is 0 Å². The van der Waals surface area contributed by atoms with Crippen LogP contribution in [0.3, 0.4) is 0 Å². The van der Waals surface area contributed by atoms with Gasteiger partial charge in [-0.3, -0.25) is 4.99 Å². The second kappa shape index (κ2) is 11.7. The van der Waals surface area contributed by atoms with Crippen LogP contribution in [0, 0.1) is 23.7 Å². The summed E-state index contributed by atoms with van der Waals surface area (Å²) in [7, 11) is 0. The molecule has 3 heterocycles. The summed E-state index contributed by atoms with van der Waals surface area (Å²) >= 11 is 0. The van der Waals surface area contributed by atoms with Gasteiger partial charge in [-0.05, 0) is 97.1 Å². The average Bonchev–Trinajstić information content (AvgIpc) is 3.90. The van der Waals surface area contributed by atoms with Gasteiger partial charge in [0.2, 0.25) is 0 Å². The number of benzene rings is 1. The number of amidine groups is 1. The number of dihydropyridines is 1. The molecule has 45 heavy (non-hydrogen) atoms. The molecule has 8 rings (SSSR count). The molecule has 1 saturated carbocycles. The van der Waals surface area contributed by atoms with Crippen molar-refractivity contribution in [1.29, 1.82) is 0 Å². The maximum atomic E-state index is 5.28. The molecule has 5 heteroatoms. The SMILES string of the molecule is C=NC(=N/C=C/C1C=C(C2=C(CC)C=CCN2)N=CC1)C1C=C(c2nc3ccccc3c3c2CCC2=C3C=CC3C[C@H]23)C=CC1. The fraction of sp³-hybridized carbons (Fsp3) is 0.300. The van der Waals surface area contributed by atoms with Crippen LogP contribution in [0.4, 0.5) is 0 Å². The van der Waals surface area contributed by atoms with Crippen LogP contribution in [0.5, 0.6) is 0 Å². The van der Waals surface area contributed by atoms with E-state index >= 15 is 0 Å². The van der Waals surface area contributed by atoms with Crippen LogP contribution in [0.25, 0.3) is 22.0 Å². The zero-order valence-corrected chi connectivity index (χ0v) is 25.9. The zero-order chi connectivity index (χ0) is 30.3. The second-order valence-electron chi connectivity index (χ2n) is 12.8. The number of hydrogen-bond acceptors (Lipinski definition) is 4. The lowest BCUT2D eigenvalue weighted by Gasteiger charge is -2.28. The summed E-state index contributed by atoms with van der Waals surface area (Å²) in [5, 5.41) is 4.78. The highest BCUT2D eigenvalue weighted by Crippen LogP contribution is 2.55. The topological polar surface area (TPSA) is 62.0 Å². The largest absolute Gasteiger partial charge is 0.380 e. The van der Waals surface area contributed by atoms with E-state index in [-0.39, 0.29) is 11.8 Å². The van der Waals surface area contributed by atoms with E-state index in [1.807, 2.05) is 12.4 Å². The Morgan fingerprint density at radius 3 is 2.93 bits per heavy atom. The van der Waals surface area contributed by atoms with Gasteiger partial charge in [0.25, 0.3) is 0 Å². The first-order chi connectivity index (χ1) is 22.2. The van der Waals surface area contributed by atoms with Gasteiger partial charge in [-0.1, -0.05) is 79.3 Å². The van der Waals surface area contributed by atoms with E-state index in [2.05, 4.69) is 103 Å². The number of pyridine rings is 1. The first-order valence-corrected chi connectivity index (χ1v) is 16.5. The quantitative estimate of drug-likeness (QED) is 0.271. The number of hydrogen-bond donors (Lipinski definition) is 1. The molecule has 5 nitrogen and oxygen atoms in total. The lowest BCUT2D eigenvalue weighted by molar-refractivity contribution is 0.792. The van der Waals surface area contributed by atoms with Crippen LogP contribution < -0.4 is 5.32 Å². The molecular formula is C40H39N5. The van der Waals surface area contributed by atoms with Crippen molar-refractivity contribution in [3.8, 4) is 0 Å². The lowest BCUT2D eigenvalue weighted by Crippen LogP contribution is -2.21. The van der Waals surface area contributed by atoms with Gasteiger partial charge in [-0.15, -0.1) is 0 Å². The summed E-state index contributed by atoms with van der Waals surface area (Å²) in [6, 6.07) is 8.65. The molecule has 3 unspecified atom stereocenters. The number of rotatable bonds is 6. The van der Waals surface area contributed by atoms with E-state index in [1.54, 1.807) is 5.57 Å². The third-order valence-corrected chi connectivity index (χ3v) is 10.1. The second-order valence-corrected chi connectivity index (χ2v) is 12.8. The van der Waals surface area contributed by atoms with Gasteiger partial charge < -0.3 is 5.32 Å². The summed E-state index contributed by atoms with van der Waals surface area (Å²) in [4.78, 5) is 19.2. The number of aromatic nitrogens is 1. The maximum absolute atomic E-state index is 5.28. The van der Waals surface area contributed by atoms with E-state index < -0.39 is 0 Å². The molecule has 0 bridgehead atoms. The fourth-order valence-corrected chi connectivity index (χ4v) is 7.70. The smallest absolute Gasteiger partial charge is 0.134 e. The van der Waals surface area contributed by atoms with Crippen LogP contribution in [0.1, 0.15) is 55.8 Å². The predicted octanol–water partition coefficient (Wildman–Crippen LogP) is 8.51. The highest BCUT2D eigenvalue weighted by Gasteiger charge is 2.43. The molecule has 0 spiro atoms. The van der Waals surface area contributed by atoms with Gasteiger partial charge in [0.05, 0.1) is 22.6 Å². The Morgan fingerprint density at radius 2 is 2.02 bits per heavy atom. The van der Waals surface area contributed by atoms with Crippen molar-refractivity contribution in [2.75, 3.05) is 6.54 Å². The monoisotopic (exact) mass is 589 g/mol. The molecule has 4 aliphatic carbocycles. The molecule has 6 aliphatic rings. The van der Waals surface area contributed by atoms with Gasteiger partial charge in [-0.25, -0.2) is 15.0 Å². The molecule has 1 aromatic carbocycles. The molecule has 0 amide bonds. The number of allylic oxidation sites excluding steroid dienone is 11. The first kappa shape index (κ1) is 27.9. The predicted molar refractivity (Wildman–Crippen MR) is 188 cm³/mol. The summed E-state index contributed by atoms with van der Waals surface area (Å²) in [5.41, 5.74) is 12.7. The van der Waals surface area contributed by atoms with Crippen molar-refractivity contribution in [2.24, 2.45) is 38.6 Å². The summed E-state index contributed by atoms with van der Waals surface area (Å²) in [6.07, 6.45) is 30.5. The minimum atomic E-state index is 0.0470. The van der Waals surface area contributed by atoms with Crippen molar-refractivity contribution in [3.63, 3.8) is 0 Å². The zero-order valence-electron chi connectivity index (χ0n) is 25.9. The number of nitrogens with zero attached hydrogens (tertiary/aromatic N) is 4. The molecule has 1 aromatic heterocycles. The van der Waals surface area contributed by atoms with Crippen LogP contribution in [0.2, 0.25) is 0 Å². The Bertz CT molecular complexity index is 1900. The Morgan fingerprint density at radius 1 is 1.09 bits per heavy atom. The lowest BCUT2D eigenvalue weighted by atomic mass is 9.77. The highest BCUT2D eigenvalue weighted by molar-refractivity contribution is 6.01. The Balaban J connectivity index is 1.09. The van der Waals surface area contributed by atoms with Crippen molar-refractivity contribution in [3.05, 3.63) is 125 Å². The molecule has 2 aromatic rings. The third kappa shape index (κ3) is 5.14. The standard InChI is InChI=1S/C40H39N5/c1-3-26-10-7-19-43-39(26)36-22-25(17-20-42-36)18-21-44-40(41-2)29-9-6-8-28(23-29)38-33-16-15-30-31(14-13-27-24-34(27)30)37(33)32-11-4-5-12-35(32)45-38/h4-8,10-14,18,20-23,25,27,29,34,43H,2-3,9,15-17,19,24H2,1H3/b21-18+,44-40?/t25?,27?,29?,34-/m0/s1. The van der Waals surface area contributed by atoms with E-state index in [4.69, 9.17) is 15.0 Å². The average molecular weight is 590 g/mol. The van der Waals surface area contributed by atoms with Crippen LogP contribution >= 0.6 is 0 Å². The van der Waals surface area contributed by atoms with Crippen LogP contribution in [-0.4, -0.2) is 30.3 Å². The van der Waals surface area contributed by atoms with Gasteiger partial charge in [-0.2, -0.15) is 0 Å². The maximum Gasteiger partial charge on any atom is 0.134 e. The molecular weight excluding hydrogens is 550 g/mol. The van der Waals surface area contributed by atoms with E-state index in [0.29, 0.717) is 0 Å². The first-order valence-electron chi connectivity index (χ1n) is 16.5. The molecule has 0 saturated heterocycles. The number of aliphatic imine (C=N–C) groups is 3. The summed E-state index contributed by atoms with van der Waals surface area (Å²) < 4.78 is 0. The Kier molecular flexibility index (Phi) is 7.25. The molecule has 2 aliphatic heterocycles. The van der Waals surface area contributed by atoms with Crippen LogP contribution in [-0.2, 0) is 6.42 Å². The van der Waals surface area contributed by atoms with Gasteiger partial charge in [0.1, 0.15) is 5.84 Å². The van der Waals surface area contributed by atoms with Gasteiger partial charge in [0, 0.05) is 36.2 Å². The van der Waals surface area contributed by atoms with Crippen molar-refractivity contribution in [2.45, 2.75) is 45.4 Å². The molecule has 4 atom stereocenters. The van der Waals surface area contributed by atoms with Gasteiger partial charge >= 0.3 is 0 Å². The summed E-state index contributed by atoms with van der Waals surface area (Å²) in [5.74, 6) is 2.54. The molecule has 1 N–H and O–H groups in total.